The summed E-state index contributed by atoms with van der Waals surface area (Å²) in [4.78, 5) is 0. The summed E-state index contributed by atoms with van der Waals surface area (Å²) < 4.78 is 0. The smallest absolute Gasteiger partial charge is 0 e. The fourth-order valence-electron chi connectivity index (χ4n) is 1.25. The normalized spacial score (nSPS) is 15.3. The molecule has 2 heteroatoms. The van der Waals surface area contributed by atoms with E-state index in [1.54, 1.807) is 0 Å². The zero-order valence-electron chi connectivity index (χ0n) is 7.76. The molecule has 0 amide bonds. The van der Waals surface area contributed by atoms with Crippen LogP contribution in [0, 0.1) is 48.7 Å². The molecule has 0 aliphatic rings. The molecule has 2 N–H and O–H groups in total. The van der Waals surface area contributed by atoms with Gasteiger partial charge in [0.05, 0.1) is 0 Å². The zero-order chi connectivity index (χ0) is 8.04. The summed E-state index contributed by atoms with van der Waals surface area (Å²) in [6, 6.07) is 0. The Labute approximate surface area is 100 Å². The molecule has 0 spiro atoms. The summed E-state index contributed by atoms with van der Waals surface area (Å²) in [7, 11) is 0. The van der Waals surface area contributed by atoms with Gasteiger partial charge in [0.25, 0.3) is 0 Å². The monoisotopic (exact) mass is 311 g/mol. The van der Waals surface area contributed by atoms with E-state index in [1.807, 2.05) is 0 Å². The van der Waals surface area contributed by atoms with Gasteiger partial charge in [0.1, 0.15) is 0 Å². The van der Waals surface area contributed by atoms with Crippen molar-refractivity contribution in [1.29, 1.82) is 0 Å². The molecule has 0 rings (SSSR count). The first-order valence-electron chi connectivity index (χ1n) is 4.23. The molecule has 75 valence electrons. The van der Waals surface area contributed by atoms with Crippen LogP contribution >= 0.6 is 0 Å². The van der Waals surface area contributed by atoms with Crippen molar-refractivity contribution >= 4 is 0 Å². The SMILES string of the molecule is CC[CH-]C(C)(CC)CCN.[Tm]. The maximum atomic E-state index is 5.50. The summed E-state index contributed by atoms with van der Waals surface area (Å²) in [6.45, 7) is 7.50. The molecule has 0 aromatic heterocycles. The number of rotatable bonds is 5. The first kappa shape index (κ1) is 14.7. The molecule has 0 fully saturated rings. The average molecular weight is 311 g/mol. The van der Waals surface area contributed by atoms with Crippen molar-refractivity contribution in [2.45, 2.75) is 40.0 Å². The number of hydrogen-bond donors (Lipinski definition) is 1. The van der Waals surface area contributed by atoms with Gasteiger partial charge in [0.2, 0.25) is 0 Å². The van der Waals surface area contributed by atoms with E-state index in [1.165, 1.54) is 6.42 Å². The Balaban J connectivity index is 0. The van der Waals surface area contributed by atoms with E-state index in [0.29, 0.717) is 5.41 Å². The summed E-state index contributed by atoms with van der Waals surface area (Å²) in [5.41, 5.74) is 5.89. The minimum absolute atomic E-state index is 0. The predicted octanol–water partition coefficient (Wildman–Crippen LogP) is 2.37. The van der Waals surface area contributed by atoms with Crippen molar-refractivity contribution in [2.75, 3.05) is 6.54 Å². The van der Waals surface area contributed by atoms with Crippen LogP contribution in [0.2, 0.25) is 0 Å². The van der Waals surface area contributed by atoms with E-state index >= 15 is 0 Å². The third-order valence-electron chi connectivity index (χ3n) is 2.22. The maximum Gasteiger partial charge on any atom is 0 e. The second-order valence-electron chi connectivity index (χ2n) is 3.16. The van der Waals surface area contributed by atoms with E-state index in [9.17, 15) is 0 Å². The Bertz CT molecular complexity index is 77.6. The minimum atomic E-state index is 0. The van der Waals surface area contributed by atoms with E-state index in [4.69, 9.17) is 5.73 Å². The Morgan fingerprint density at radius 3 is 2.18 bits per heavy atom. The van der Waals surface area contributed by atoms with Gasteiger partial charge >= 0.3 is 0 Å². The van der Waals surface area contributed by atoms with Gasteiger partial charge in [0.15, 0.2) is 0 Å². The molecule has 1 radical (unpaired) electrons. The molecule has 0 aliphatic carbocycles. The van der Waals surface area contributed by atoms with Crippen LogP contribution < -0.4 is 5.73 Å². The predicted molar refractivity (Wildman–Crippen MR) is 46.7 cm³/mol. The Morgan fingerprint density at radius 2 is 1.91 bits per heavy atom. The van der Waals surface area contributed by atoms with Crippen LogP contribution in [0.25, 0.3) is 0 Å². The molecule has 0 saturated heterocycles. The quantitative estimate of drug-likeness (QED) is 0.775. The molecule has 1 unspecified atom stereocenters. The van der Waals surface area contributed by atoms with Crippen molar-refractivity contribution in [2.24, 2.45) is 11.1 Å². The zero-order valence-corrected chi connectivity index (χ0v) is 9.54. The molecular formula is C9H20NTm-. The number of hydrogen-bond acceptors (Lipinski definition) is 1. The van der Waals surface area contributed by atoms with Gasteiger partial charge in [-0.2, -0.15) is 11.8 Å². The molecule has 0 saturated carbocycles. The Morgan fingerprint density at radius 1 is 1.36 bits per heavy atom. The molecule has 0 aromatic rings. The van der Waals surface area contributed by atoms with Gasteiger partial charge < -0.3 is 12.2 Å². The largest absolute Gasteiger partial charge is 0.331 e. The standard InChI is InChI=1S/C9H20N.Tm/c1-4-6-9(3,5-2)7-8-10;/h6H,4-5,7-8,10H2,1-3H3;/q-1;. The van der Waals surface area contributed by atoms with Crippen LogP contribution in [0.15, 0.2) is 0 Å². The van der Waals surface area contributed by atoms with Gasteiger partial charge in [-0.25, -0.2) is 0 Å². The third-order valence-corrected chi connectivity index (χ3v) is 2.22. The van der Waals surface area contributed by atoms with Crippen molar-refractivity contribution < 1.29 is 36.9 Å². The Hall–Kier alpha value is 1.19. The summed E-state index contributed by atoms with van der Waals surface area (Å²) >= 11 is 0. The van der Waals surface area contributed by atoms with Crippen LogP contribution in [-0.2, 0) is 0 Å². The van der Waals surface area contributed by atoms with Crippen LogP contribution in [0.4, 0.5) is 0 Å². The van der Waals surface area contributed by atoms with Crippen LogP contribution in [-0.4, -0.2) is 6.54 Å². The van der Waals surface area contributed by atoms with Gasteiger partial charge in [-0.3, -0.25) is 0 Å². The van der Waals surface area contributed by atoms with Gasteiger partial charge in [-0.15, -0.1) is 0 Å². The van der Waals surface area contributed by atoms with Crippen molar-refractivity contribution in [3.8, 4) is 0 Å². The third kappa shape index (κ3) is 6.36. The Kier molecular flexibility index (Phi) is 10.5. The van der Waals surface area contributed by atoms with Gasteiger partial charge in [-0.1, -0.05) is 33.6 Å². The first-order valence-corrected chi connectivity index (χ1v) is 4.23. The van der Waals surface area contributed by atoms with Crippen molar-refractivity contribution in [1.82, 2.24) is 0 Å². The van der Waals surface area contributed by atoms with E-state index in [0.717, 1.165) is 19.4 Å². The second-order valence-corrected chi connectivity index (χ2v) is 3.16. The van der Waals surface area contributed by atoms with E-state index < -0.39 is 0 Å². The number of nitrogens with two attached hydrogens (primary N) is 1. The molecule has 0 heterocycles. The fraction of sp³-hybridized carbons (Fsp3) is 0.889. The first-order chi connectivity index (χ1) is 4.68. The topological polar surface area (TPSA) is 26.0 Å². The summed E-state index contributed by atoms with van der Waals surface area (Å²) in [5.74, 6) is 0. The van der Waals surface area contributed by atoms with E-state index in [-0.39, 0.29) is 36.9 Å². The minimum Gasteiger partial charge on any atom is -0.331 e. The fourth-order valence-corrected chi connectivity index (χ4v) is 1.25. The van der Waals surface area contributed by atoms with Crippen LogP contribution in [0.1, 0.15) is 40.0 Å². The van der Waals surface area contributed by atoms with Crippen molar-refractivity contribution in [3.05, 3.63) is 6.42 Å². The molecule has 0 bridgehead atoms. The van der Waals surface area contributed by atoms with E-state index in [2.05, 4.69) is 27.2 Å². The molecule has 0 aromatic carbocycles. The molecular weight excluding hydrogens is 291 g/mol. The second kappa shape index (κ2) is 7.82. The van der Waals surface area contributed by atoms with Gasteiger partial charge in [0, 0.05) is 36.9 Å². The maximum absolute atomic E-state index is 5.50. The van der Waals surface area contributed by atoms with Crippen molar-refractivity contribution in [3.63, 3.8) is 0 Å². The average Bonchev–Trinajstić information content (AvgIpc) is 1.89. The summed E-state index contributed by atoms with van der Waals surface area (Å²) in [6.07, 6.45) is 5.86. The van der Waals surface area contributed by atoms with Crippen LogP contribution in [0.5, 0.6) is 0 Å². The molecule has 1 atom stereocenters. The molecule has 0 aliphatic heterocycles. The molecule has 11 heavy (non-hydrogen) atoms. The molecule has 1 nitrogen and oxygen atoms in total. The van der Waals surface area contributed by atoms with Gasteiger partial charge in [-0.05, 0) is 6.54 Å². The van der Waals surface area contributed by atoms with Crippen LogP contribution in [0.3, 0.4) is 0 Å². The summed E-state index contributed by atoms with van der Waals surface area (Å²) in [5, 5.41) is 0.